The second-order valence-electron chi connectivity index (χ2n) is 6.97. The van der Waals surface area contributed by atoms with Gasteiger partial charge in [-0.25, -0.2) is 4.98 Å². The molecule has 0 radical (unpaired) electrons. The third kappa shape index (κ3) is 4.38. The average Bonchev–Trinajstić information content (AvgIpc) is 3.45. The van der Waals surface area contributed by atoms with Crippen molar-refractivity contribution in [2.45, 2.75) is 0 Å². The molecule has 2 aromatic heterocycles. The first kappa shape index (κ1) is 20.5. The molecule has 0 aliphatic carbocycles. The Morgan fingerprint density at radius 1 is 1.17 bits per heavy atom. The van der Waals surface area contributed by atoms with Crippen molar-refractivity contribution in [2.24, 2.45) is 0 Å². The summed E-state index contributed by atoms with van der Waals surface area (Å²) in [4.78, 5) is 35.6. The van der Waals surface area contributed by atoms with E-state index in [1.165, 1.54) is 18.4 Å². The molecule has 3 aromatic rings. The average molecular weight is 443 g/mol. The van der Waals surface area contributed by atoms with Crippen molar-refractivity contribution in [1.82, 2.24) is 14.8 Å². The van der Waals surface area contributed by atoms with Gasteiger partial charge in [0.25, 0.3) is 11.8 Å². The van der Waals surface area contributed by atoms with Crippen LogP contribution in [0.25, 0.3) is 9.88 Å². The molecule has 0 atom stereocenters. The van der Waals surface area contributed by atoms with Crippen LogP contribution in [0, 0.1) is 0 Å². The fourth-order valence-corrected chi connectivity index (χ4v) is 4.82. The zero-order chi connectivity index (χ0) is 21.1. The summed E-state index contributed by atoms with van der Waals surface area (Å²) >= 11 is 2.91. The molecule has 1 aliphatic heterocycles. The number of carbonyl (C=O) groups excluding carboxylic acids is 2. The van der Waals surface area contributed by atoms with Gasteiger partial charge >= 0.3 is 0 Å². The molecular formula is C21H22N4O3S2. The standard InChI is InChI=1S/C21H22N4O3S2/c1-24-7-9-25(10-8-24)21(27)14-5-6-16(28-2)15(12-14)23-19(26)18-13-22-20(30-18)17-4-3-11-29-17/h3-6,11-13H,7-10H2,1-2H3,(H,23,26). The molecule has 4 rings (SSSR count). The first-order valence-electron chi connectivity index (χ1n) is 9.52. The number of benzene rings is 1. The van der Waals surface area contributed by atoms with E-state index in [0.717, 1.165) is 23.0 Å². The molecule has 1 saturated heterocycles. The van der Waals surface area contributed by atoms with Crippen molar-refractivity contribution in [3.05, 3.63) is 52.3 Å². The number of rotatable bonds is 5. The maximum Gasteiger partial charge on any atom is 0.267 e. The minimum absolute atomic E-state index is 0.0426. The lowest BCUT2D eigenvalue weighted by Crippen LogP contribution is -2.47. The predicted octanol–water partition coefficient (Wildman–Crippen LogP) is 3.52. The van der Waals surface area contributed by atoms with E-state index >= 15 is 0 Å². The van der Waals surface area contributed by atoms with Crippen molar-refractivity contribution in [1.29, 1.82) is 0 Å². The van der Waals surface area contributed by atoms with E-state index in [-0.39, 0.29) is 11.8 Å². The maximum absolute atomic E-state index is 12.9. The second-order valence-corrected chi connectivity index (χ2v) is 8.95. The molecule has 0 spiro atoms. The van der Waals surface area contributed by atoms with Crippen molar-refractivity contribution in [2.75, 3.05) is 45.7 Å². The summed E-state index contributed by atoms with van der Waals surface area (Å²) in [6.07, 6.45) is 1.57. The largest absolute Gasteiger partial charge is 0.495 e. The van der Waals surface area contributed by atoms with E-state index in [0.29, 0.717) is 35.0 Å². The van der Waals surface area contributed by atoms with E-state index < -0.39 is 0 Å². The lowest BCUT2D eigenvalue weighted by molar-refractivity contribution is 0.0664. The normalized spacial score (nSPS) is 14.5. The van der Waals surface area contributed by atoms with Crippen LogP contribution in [0.3, 0.4) is 0 Å². The molecule has 3 heterocycles. The zero-order valence-corrected chi connectivity index (χ0v) is 18.4. The molecule has 9 heteroatoms. The summed E-state index contributed by atoms with van der Waals surface area (Å²) in [5.41, 5.74) is 0.993. The molecule has 1 aromatic carbocycles. The monoisotopic (exact) mass is 442 g/mol. The van der Waals surface area contributed by atoms with Crippen molar-refractivity contribution >= 4 is 40.2 Å². The first-order valence-corrected chi connectivity index (χ1v) is 11.2. The Hall–Kier alpha value is -2.75. The molecule has 1 N–H and O–H groups in total. The molecule has 2 amide bonds. The second kappa shape index (κ2) is 8.95. The van der Waals surface area contributed by atoms with Gasteiger partial charge in [-0.05, 0) is 36.7 Å². The molecule has 0 bridgehead atoms. The molecule has 0 saturated carbocycles. The number of methoxy groups -OCH3 is 1. The third-order valence-electron chi connectivity index (χ3n) is 4.95. The number of piperazine rings is 1. The van der Waals surface area contributed by atoms with Crippen LogP contribution in [-0.2, 0) is 0 Å². The summed E-state index contributed by atoms with van der Waals surface area (Å²) in [6.45, 7) is 3.08. The van der Waals surface area contributed by atoms with Gasteiger partial charge in [0, 0.05) is 31.7 Å². The predicted molar refractivity (Wildman–Crippen MR) is 120 cm³/mol. The number of likely N-dealkylation sites (N-methyl/N-ethyl adjacent to an activating group) is 1. The highest BCUT2D eigenvalue weighted by atomic mass is 32.1. The molecular weight excluding hydrogens is 420 g/mol. The molecule has 1 fully saturated rings. The Bertz CT molecular complexity index is 1040. The summed E-state index contributed by atoms with van der Waals surface area (Å²) in [5.74, 6) is 0.179. The van der Waals surface area contributed by atoms with Crippen LogP contribution in [0.15, 0.2) is 41.9 Å². The number of ether oxygens (including phenoxy) is 1. The molecule has 1 aliphatic rings. The van der Waals surface area contributed by atoms with Gasteiger partial charge in [0.15, 0.2) is 0 Å². The lowest BCUT2D eigenvalue weighted by Gasteiger charge is -2.32. The van der Waals surface area contributed by atoms with Crippen molar-refractivity contribution in [3.63, 3.8) is 0 Å². The Morgan fingerprint density at radius 3 is 2.67 bits per heavy atom. The van der Waals surface area contributed by atoms with Gasteiger partial charge in [-0.3, -0.25) is 9.59 Å². The van der Waals surface area contributed by atoms with Gasteiger partial charge in [-0.1, -0.05) is 6.07 Å². The number of aromatic nitrogens is 1. The van der Waals surface area contributed by atoms with Gasteiger partial charge in [0.05, 0.1) is 23.9 Å². The van der Waals surface area contributed by atoms with Crippen LogP contribution in [0.2, 0.25) is 0 Å². The van der Waals surface area contributed by atoms with E-state index in [9.17, 15) is 9.59 Å². The summed E-state index contributed by atoms with van der Waals surface area (Å²) < 4.78 is 5.38. The minimum Gasteiger partial charge on any atom is -0.495 e. The van der Waals surface area contributed by atoms with Gasteiger partial charge in [-0.2, -0.15) is 0 Å². The highest BCUT2D eigenvalue weighted by molar-refractivity contribution is 7.22. The smallest absolute Gasteiger partial charge is 0.267 e. The highest BCUT2D eigenvalue weighted by Gasteiger charge is 2.22. The number of nitrogens with one attached hydrogen (secondary N) is 1. The Kier molecular flexibility index (Phi) is 6.12. The van der Waals surface area contributed by atoms with Gasteiger partial charge in [0.2, 0.25) is 0 Å². The number of nitrogens with zero attached hydrogens (tertiary/aromatic N) is 3. The fraction of sp³-hybridized carbons (Fsp3) is 0.286. The van der Waals surface area contributed by atoms with E-state index in [1.54, 1.807) is 35.7 Å². The number of carbonyl (C=O) groups is 2. The number of hydrogen-bond donors (Lipinski definition) is 1. The number of amides is 2. The summed E-state index contributed by atoms with van der Waals surface area (Å²) in [6, 6.07) is 9.05. The zero-order valence-electron chi connectivity index (χ0n) is 16.8. The quantitative estimate of drug-likeness (QED) is 0.654. The summed E-state index contributed by atoms with van der Waals surface area (Å²) in [5, 5.41) is 5.66. The van der Waals surface area contributed by atoms with E-state index in [1.807, 2.05) is 29.5 Å². The molecule has 0 unspecified atom stereocenters. The topological polar surface area (TPSA) is 74.8 Å². The maximum atomic E-state index is 12.9. The highest BCUT2D eigenvalue weighted by Crippen LogP contribution is 2.31. The SMILES string of the molecule is COc1ccc(C(=O)N2CCN(C)CC2)cc1NC(=O)c1cnc(-c2cccs2)s1. The van der Waals surface area contributed by atoms with Gasteiger partial charge in [0.1, 0.15) is 15.6 Å². The number of thiophene rings is 1. The van der Waals surface area contributed by atoms with E-state index in [4.69, 9.17) is 4.74 Å². The Balaban J connectivity index is 1.52. The summed E-state index contributed by atoms with van der Waals surface area (Å²) in [7, 11) is 3.58. The molecule has 156 valence electrons. The first-order chi connectivity index (χ1) is 14.5. The van der Waals surface area contributed by atoms with Crippen LogP contribution < -0.4 is 10.1 Å². The molecule has 30 heavy (non-hydrogen) atoms. The van der Waals surface area contributed by atoms with Crippen LogP contribution in [0.1, 0.15) is 20.0 Å². The van der Waals surface area contributed by atoms with Gasteiger partial charge in [-0.15, -0.1) is 22.7 Å². The van der Waals surface area contributed by atoms with Crippen LogP contribution >= 0.6 is 22.7 Å². The Labute approximate surface area is 182 Å². The van der Waals surface area contributed by atoms with Crippen LogP contribution in [-0.4, -0.2) is 66.9 Å². The third-order valence-corrected chi connectivity index (χ3v) is 6.98. The van der Waals surface area contributed by atoms with Crippen molar-refractivity contribution in [3.8, 4) is 15.6 Å². The van der Waals surface area contributed by atoms with Crippen LogP contribution in [0.4, 0.5) is 5.69 Å². The fourth-order valence-electron chi connectivity index (χ4n) is 3.21. The van der Waals surface area contributed by atoms with Crippen molar-refractivity contribution < 1.29 is 14.3 Å². The van der Waals surface area contributed by atoms with Gasteiger partial charge < -0.3 is 19.9 Å². The molecule has 7 nitrogen and oxygen atoms in total. The van der Waals surface area contributed by atoms with E-state index in [2.05, 4.69) is 15.2 Å². The number of anilines is 1. The number of hydrogen-bond acceptors (Lipinski definition) is 7. The number of thiazole rings is 1. The Morgan fingerprint density at radius 2 is 1.97 bits per heavy atom. The minimum atomic E-state index is -0.280. The lowest BCUT2D eigenvalue weighted by atomic mass is 10.1. The van der Waals surface area contributed by atoms with Crippen LogP contribution in [0.5, 0.6) is 5.75 Å².